The van der Waals surface area contributed by atoms with Gasteiger partial charge in [-0.1, -0.05) is 0 Å². The lowest BCUT2D eigenvalue weighted by Crippen LogP contribution is -2.53. The summed E-state index contributed by atoms with van der Waals surface area (Å²) < 4.78 is 3.05. The Morgan fingerprint density at radius 1 is 1.23 bits per heavy atom. The van der Waals surface area contributed by atoms with E-state index >= 15 is 0 Å². The zero-order chi connectivity index (χ0) is 22.4. The third-order valence-electron chi connectivity index (χ3n) is 6.37. The first-order chi connectivity index (χ1) is 14.7. The van der Waals surface area contributed by atoms with Gasteiger partial charge < -0.3 is 10.0 Å². The molecule has 1 aromatic heterocycles. The number of carboxylic acids is 1. The number of nitrogens with one attached hydrogen (secondary N) is 1. The highest BCUT2D eigenvalue weighted by molar-refractivity contribution is 6.00. The molecule has 10 nitrogen and oxygen atoms in total. The Bertz CT molecular complexity index is 1130. The summed E-state index contributed by atoms with van der Waals surface area (Å²) in [5, 5.41) is 11.4. The summed E-state index contributed by atoms with van der Waals surface area (Å²) in [6.07, 6.45) is 0.501. The maximum absolute atomic E-state index is 13.0. The number of benzene rings is 1. The van der Waals surface area contributed by atoms with Crippen LogP contribution in [0.5, 0.6) is 0 Å². The van der Waals surface area contributed by atoms with E-state index < -0.39 is 17.9 Å². The van der Waals surface area contributed by atoms with Gasteiger partial charge in [-0.25, -0.2) is 4.79 Å². The van der Waals surface area contributed by atoms with Crippen molar-refractivity contribution in [2.24, 2.45) is 7.05 Å². The second-order valence-electron chi connectivity index (χ2n) is 8.43. The molecule has 3 heterocycles. The van der Waals surface area contributed by atoms with Crippen molar-refractivity contribution in [1.29, 1.82) is 0 Å². The minimum absolute atomic E-state index is 0.0273. The van der Waals surface area contributed by atoms with Gasteiger partial charge in [0.05, 0.1) is 17.6 Å². The number of piperidine rings is 1. The van der Waals surface area contributed by atoms with Crippen molar-refractivity contribution in [3.63, 3.8) is 0 Å². The number of nitrogens with zero attached hydrogens (tertiary/aromatic N) is 4. The van der Waals surface area contributed by atoms with Crippen LogP contribution in [0.4, 0.5) is 5.69 Å². The quantitative estimate of drug-likeness (QED) is 0.668. The summed E-state index contributed by atoms with van der Waals surface area (Å²) in [5.74, 6) is -1.59. The van der Waals surface area contributed by atoms with E-state index in [1.165, 1.54) is 4.57 Å². The Kier molecular flexibility index (Phi) is 5.34. The molecule has 166 valence electrons. The Balaban J connectivity index is 1.71. The van der Waals surface area contributed by atoms with Crippen LogP contribution < -0.4 is 15.9 Å². The van der Waals surface area contributed by atoms with Gasteiger partial charge in [-0.15, -0.1) is 0 Å². The molecule has 2 atom stereocenters. The van der Waals surface area contributed by atoms with Crippen molar-refractivity contribution in [1.82, 2.24) is 19.4 Å². The highest BCUT2D eigenvalue weighted by atomic mass is 16.4. The molecular formula is C21H27N5O5. The molecule has 0 bridgehead atoms. The topological polar surface area (TPSA) is 117 Å². The standard InChI is InChI=1S/C21H27N5O5/c1-12-10-24(11-18(28)29)8-9-25(12)14-4-5-15-19(13(14)2)23(3)21(31)26(15)16-6-7-17(27)22-20(16)30/h4-5,12,16H,6-11H2,1-3H3,(H,28,29)(H,22,27,30)/t12-,16?/m1/s1. The molecule has 2 amide bonds. The minimum atomic E-state index is -0.831. The molecule has 4 rings (SSSR count). The number of hydrogen-bond donors (Lipinski definition) is 2. The van der Waals surface area contributed by atoms with Crippen LogP contribution in [0, 0.1) is 6.92 Å². The lowest BCUT2D eigenvalue weighted by Gasteiger charge is -2.41. The third kappa shape index (κ3) is 3.60. The van der Waals surface area contributed by atoms with E-state index in [1.807, 2.05) is 24.0 Å². The first kappa shape index (κ1) is 21.1. The first-order valence-corrected chi connectivity index (χ1v) is 10.4. The normalized spacial score (nSPS) is 22.7. The second-order valence-corrected chi connectivity index (χ2v) is 8.43. The van der Waals surface area contributed by atoms with Crippen LogP contribution in [0.25, 0.3) is 11.0 Å². The van der Waals surface area contributed by atoms with Crippen molar-refractivity contribution in [2.75, 3.05) is 31.1 Å². The smallest absolute Gasteiger partial charge is 0.329 e. The van der Waals surface area contributed by atoms with Crippen molar-refractivity contribution in [2.45, 2.75) is 38.8 Å². The highest BCUT2D eigenvalue weighted by Gasteiger charge is 2.32. The van der Waals surface area contributed by atoms with Crippen LogP contribution in [0.15, 0.2) is 16.9 Å². The largest absolute Gasteiger partial charge is 0.480 e. The van der Waals surface area contributed by atoms with Gasteiger partial charge in [0.2, 0.25) is 11.8 Å². The summed E-state index contributed by atoms with van der Waals surface area (Å²) in [5.41, 5.74) is 3.06. The Morgan fingerprint density at radius 2 is 1.97 bits per heavy atom. The molecule has 1 aromatic carbocycles. The average Bonchev–Trinajstić information content (AvgIpc) is 2.94. The van der Waals surface area contributed by atoms with Gasteiger partial charge in [0, 0.05) is 44.8 Å². The van der Waals surface area contributed by atoms with Crippen LogP contribution in [0.2, 0.25) is 0 Å². The number of anilines is 1. The Labute approximate surface area is 179 Å². The zero-order valence-electron chi connectivity index (χ0n) is 17.9. The summed E-state index contributed by atoms with van der Waals surface area (Å²) in [6, 6.07) is 3.22. The fraction of sp³-hybridized carbons (Fsp3) is 0.524. The number of aryl methyl sites for hydroxylation is 2. The third-order valence-corrected chi connectivity index (χ3v) is 6.37. The molecule has 2 N–H and O–H groups in total. The van der Waals surface area contributed by atoms with Crippen molar-refractivity contribution >= 4 is 34.5 Å². The Hall–Kier alpha value is -3.14. The number of piperazine rings is 1. The lowest BCUT2D eigenvalue weighted by molar-refractivity contribution is -0.139. The predicted octanol–water partition coefficient (Wildman–Crippen LogP) is 0.221. The van der Waals surface area contributed by atoms with Crippen LogP contribution in [-0.2, 0) is 21.4 Å². The van der Waals surface area contributed by atoms with Gasteiger partial charge in [-0.05, 0) is 38.0 Å². The van der Waals surface area contributed by atoms with Gasteiger partial charge in [0.25, 0.3) is 0 Å². The molecule has 0 aliphatic carbocycles. The van der Waals surface area contributed by atoms with Gasteiger partial charge in [0.15, 0.2) is 0 Å². The number of fused-ring (bicyclic) bond motifs is 1. The lowest BCUT2D eigenvalue weighted by atomic mass is 10.0. The van der Waals surface area contributed by atoms with Gasteiger partial charge in [-0.3, -0.25) is 33.7 Å². The van der Waals surface area contributed by atoms with Crippen molar-refractivity contribution < 1.29 is 19.5 Å². The molecule has 2 aliphatic heterocycles. The maximum atomic E-state index is 13.0. The van der Waals surface area contributed by atoms with Crippen LogP contribution in [-0.4, -0.2) is 69.1 Å². The van der Waals surface area contributed by atoms with Gasteiger partial charge in [-0.2, -0.15) is 0 Å². The monoisotopic (exact) mass is 429 g/mol. The highest BCUT2D eigenvalue weighted by Crippen LogP contribution is 2.32. The van der Waals surface area contributed by atoms with E-state index in [-0.39, 0.29) is 30.6 Å². The number of carbonyl (C=O) groups is 3. The molecule has 1 unspecified atom stereocenters. The Morgan fingerprint density at radius 3 is 2.61 bits per heavy atom. The number of carboxylic acid groups (broad SMARTS) is 1. The van der Waals surface area contributed by atoms with Crippen molar-refractivity contribution in [3.05, 3.63) is 28.2 Å². The fourth-order valence-corrected chi connectivity index (χ4v) is 4.92. The summed E-state index contributed by atoms with van der Waals surface area (Å²) in [6.45, 7) is 6.01. The predicted molar refractivity (Wildman–Crippen MR) is 114 cm³/mol. The molecule has 0 saturated carbocycles. The van der Waals surface area contributed by atoms with E-state index in [4.69, 9.17) is 5.11 Å². The van der Waals surface area contributed by atoms with E-state index in [0.717, 1.165) is 16.8 Å². The van der Waals surface area contributed by atoms with Crippen LogP contribution in [0.3, 0.4) is 0 Å². The van der Waals surface area contributed by atoms with Crippen LogP contribution in [0.1, 0.15) is 31.4 Å². The number of aliphatic carboxylic acids is 1. The molecular weight excluding hydrogens is 402 g/mol. The van der Waals surface area contributed by atoms with Crippen LogP contribution >= 0.6 is 0 Å². The van der Waals surface area contributed by atoms with E-state index in [9.17, 15) is 19.2 Å². The number of imide groups is 1. The molecule has 2 fully saturated rings. The molecule has 2 aliphatic rings. The zero-order valence-corrected chi connectivity index (χ0v) is 17.9. The second kappa shape index (κ2) is 7.84. The molecule has 0 spiro atoms. The van der Waals surface area contributed by atoms with Gasteiger partial charge in [0.1, 0.15) is 6.04 Å². The van der Waals surface area contributed by atoms with E-state index in [0.29, 0.717) is 31.6 Å². The first-order valence-electron chi connectivity index (χ1n) is 10.4. The van der Waals surface area contributed by atoms with Gasteiger partial charge >= 0.3 is 11.7 Å². The molecule has 2 aromatic rings. The number of rotatable bonds is 4. The minimum Gasteiger partial charge on any atom is -0.480 e. The number of hydrogen-bond acceptors (Lipinski definition) is 6. The molecule has 0 radical (unpaired) electrons. The van der Waals surface area contributed by atoms with E-state index in [1.54, 1.807) is 11.6 Å². The molecule has 10 heteroatoms. The average molecular weight is 429 g/mol. The maximum Gasteiger partial charge on any atom is 0.329 e. The SMILES string of the molecule is Cc1c(N2CCN(CC(=O)O)C[C@H]2C)ccc2c1n(C)c(=O)n2C1CCC(=O)NC1=O. The van der Waals surface area contributed by atoms with E-state index in [2.05, 4.69) is 17.1 Å². The number of aromatic nitrogens is 2. The number of imidazole rings is 1. The summed E-state index contributed by atoms with van der Waals surface area (Å²) in [7, 11) is 1.69. The number of carbonyl (C=O) groups excluding carboxylic acids is 2. The summed E-state index contributed by atoms with van der Waals surface area (Å²) >= 11 is 0. The summed E-state index contributed by atoms with van der Waals surface area (Å²) in [4.78, 5) is 52.2. The fourth-order valence-electron chi connectivity index (χ4n) is 4.92. The molecule has 2 saturated heterocycles. The number of amides is 2. The van der Waals surface area contributed by atoms with Crippen molar-refractivity contribution in [3.8, 4) is 0 Å². The molecule has 31 heavy (non-hydrogen) atoms.